The van der Waals surface area contributed by atoms with Gasteiger partial charge < -0.3 is 18.6 Å². The normalized spacial score (nSPS) is 11.4. The lowest BCUT2D eigenvalue weighted by molar-refractivity contribution is -0.137. The third kappa shape index (κ3) is 4.73. The predicted octanol–water partition coefficient (Wildman–Crippen LogP) is 4.47. The van der Waals surface area contributed by atoms with Crippen LogP contribution in [0.3, 0.4) is 0 Å². The Morgan fingerprint density at radius 1 is 1.00 bits per heavy atom. The molecule has 2 heterocycles. The first-order valence-corrected chi connectivity index (χ1v) is 9.13. The highest BCUT2D eigenvalue weighted by Gasteiger charge is 2.30. The molecule has 0 bridgehead atoms. The maximum atomic E-state index is 12.6. The van der Waals surface area contributed by atoms with Gasteiger partial charge in [0.2, 0.25) is 17.5 Å². The lowest BCUT2D eigenvalue weighted by Gasteiger charge is -2.12. The van der Waals surface area contributed by atoms with Crippen LogP contribution < -0.4 is 14.2 Å². The van der Waals surface area contributed by atoms with Crippen LogP contribution >= 0.6 is 11.8 Å². The van der Waals surface area contributed by atoms with E-state index in [4.69, 9.17) is 18.6 Å². The van der Waals surface area contributed by atoms with E-state index in [1.807, 2.05) is 0 Å². The Labute approximate surface area is 168 Å². The number of nitrogens with zero attached hydrogens (tertiary/aromatic N) is 3. The van der Waals surface area contributed by atoms with Crippen LogP contribution in [0.15, 0.2) is 39.9 Å². The minimum absolute atomic E-state index is 0.236. The SMILES string of the molecule is COc1cc(-c2nnc(CSc3ccc(C(F)(F)F)cn3)o2)cc(OC)c1OC. The van der Waals surface area contributed by atoms with E-state index in [-0.39, 0.29) is 11.6 Å². The molecule has 2 aromatic heterocycles. The van der Waals surface area contributed by atoms with E-state index in [2.05, 4.69) is 15.2 Å². The van der Waals surface area contributed by atoms with E-state index < -0.39 is 11.7 Å². The number of alkyl halides is 3. The Morgan fingerprint density at radius 3 is 2.21 bits per heavy atom. The Bertz CT molecular complexity index is 952. The molecule has 0 aliphatic rings. The first kappa shape index (κ1) is 20.8. The number of benzene rings is 1. The van der Waals surface area contributed by atoms with Gasteiger partial charge in [-0.1, -0.05) is 11.8 Å². The number of rotatable bonds is 7. The van der Waals surface area contributed by atoms with Gasteiger partial charge in [-0.05, 0) is 24.3 Å². The van der Waals surface area contributed by atoms with Gasteiger partial charge in [-0.15, -0.1) is 10.2 Å². The lowest BCUT2D eigenvalue weighted by atomic mass is 10.2. The summed E-state index contributed by atoms with van der Waals surface area (Å²) in [6.45, 7) is 0. The molecule has 11 heteroatoms. The summed E-state index contributed by atoms with van der Waals surface area (Å²) in [4.78, 5) is 3.80. The van der Waals surface area contributed by atoms with Crippen LogP contribution in [0.2, 0.25) is 0 Å². The molecule has 7 nitrogen and oxygen atoms in total. The molecule has 0 aliphatic carbocycles. The summed E-state index contributed by atoms with van der Waals surface area (Å²) in [7, 11) is 4.49. The molecule has 29 heavy (non-hydrogen) atoms. The number of methoxy groups -OCH3 is 3. The lowest BCUT2D eigenvalue weighted by Crippen LogP contribution is -2.05. The largest absolute Gasteiger partial charge is 0.493 e. The highest BCUT2D eigenvalue weighted by atomic mass is 32.2. The molecule has 0 unspecified atom stereocenters. The van der Waals surface area contributed by atoms with Gasteiger partial charge in [0.05, 0.1) is 37.7 Å². The fourth-order valence-corrected chi connectivity index (χ4v) is 3.08. The van der Waals surface area contributed by atoms with Crippen molar-refractivity contribution in [2.45, 2.75) is 17.0 Å². The van der Waals surface area contributed by atoms with Crippen molar-refractivity contribution < 1.29 is 31.8 Å². The Balaban J connectivity index is 1.74. The molecule has 154 valence electrons. The second kappa shape index (κ2) is 8.60. The fourth-order valence-electron chi connectivity index (χ4n) is 2.40. The molecular weight excluding hydrogens is 411 g/mol. The van der Waals surface area contributed by atoms with Gasteiger partial charge >= 0.3 is 6.18 Å². The van der Waals surface area contributed by atoms with E-state index in [1.165, 1.54) is 39.2 Å². The van der Waals surface area contributed by atoms with Crippen LogP contribution in [-0.2, 0) is 11.9 Å². The zero-order chi connectivity index (χ0) is 21.0. The minimum atomic E-state index is -4.42. The minimum Gasteiger partial charge on any atom is -0.493 e. The van der Waals surface area contributed by atoms with Crippen molar-refractivity contribution >= 4 is 11.8 Å². The van der Waals surface area contributed by atoms with E-state index >= 15 is 0 Å². The second-order valence-corrected chi connectivity index (χ2v) is 6.58. The van der Waals surface area contributed by atoms with E-state index in [9.17, 15) is 13.2 Å². The zero-order valence-electron chi connectivity index (χ0n) is 15.6. The van der Waals surface area contributed by atoms with Gasteiger partial charge in [0.25, 0.3) is 0 Å². The van der Waals surface area contributed by atoms with Crippen LogP contribution in [0.25, 0.3) is 11.5 Å². The number of hydrogen-bond acceptors (Lipinski definition) is 8. The molecule has 0 N–H and O–H groups in total. The summed E-state index contributed by atoms with van der Waals surface area (Å²) >= 11 is 1.18. The molecule has 0 atom stereocenters. The van der Waals surface area contributed by atoms with Crippen LogP contribution in [0.4, 0.5) is 13.2 Å². The fraction of sp³-hybridized carbons (Fsp3) is 0.278. The molecule has 0 aliphatic heterocycles. The smallest absolute Gasteiger partial charge is 0.417 e. The summed E-state index contributed by atoms with van der Waals surface area (Å²) in [6, 6.07) is 5.61. The molecule has 0 fully saturated rings. The molecule has 3 rings (SSSR count). The number of aromatic nitrogens is 3. The van der Waals surface area contributed by atoms with Gasteiger partial charge in [-0.3, -0.25) is 0 Å². The van der Waals surface area contributed by atoms with Gasteiger partial charge in [-0.2, -0.15) is 13.2 Å². The van der Waals surface area contributed by atoms with Crippen LogP contribution in [0.1, 0.15) is 11.5 Å². The number of thioether (sulfide) groups is 1. The summed E-state index contributed by atoms with van der Waals surface area (Å²) < 4.78 is 59.3. The van der Waals surface area contributed by atoms with Crippen LogP contribution in [0.5, 0.6) is 17.2 Å². The van der Waals surface area contributed by atoms with Crippen molar-refractivity contribution in [3.8, 4) is 28.7 Å². The van der Waals surface area contributed by atoms with Crippen LogP contribution in [-0.4, -0.2) is 36.5 Å². The van der Waals surface area contributed by atoms with Crippen molar-refractivity contribution in [1.29, 1.82) is 0 Å². The van der Waals surface area contributed by atoms with E-state index in [0.717, 1.165) is 12.3 Å². The summed E-state index contributed by atoms with van der Waals surface area (Å²) in [5.74, 6) is 2.08. The maximum absolute atomic E-state index is 12.6. The number of ether oxygens (including phenoxy) is 3. The van der Waals surface area contributed by atoms with Crippen molar-refractivity contribution in [2.24, 2.45) is 0 Å². The quantitative estimate of drug-likeness (QED) is 0.511. The van der Waals surface area contributed by atoms with Crippen molar-refractivity contribution in [2.75, 3.05) is 21.3 Å². The standard InChI is InChI=1S/C18H16F3N3O4S/c1-25-12-6-10(7-13(26-2)16(12)27-3)17-24-23-14(28-17)9-29-15-5-4-11(8-22-15)18(19,20)21/h4-8H,9H2,1-3H3. The summed E-state index contributed by atoms with van der Waals surface area (Å²) in [5, 5.41) is 8.37. The first-order chi connectivity index (χ1) is 13.9. The highest BCUT2D eigenvalue weighted by molar-refractivity contribution is 7.98. The average Bonchev–Trinajstić information content (AvgIpc) is 3.19. The van der Waals surface area contributed by atoms with E-state index in [0.29, 0.717) is 33.7 Å². The number of halogens is 3. The average molecular weight is 427 g/mol. The Hall–Kier alpha value is -2.95. The highest BCUT2D eigenvalue weighted by Crippen LogP contribution is 2.41. The monoisotopic (exact) mass is 427 g/mol. The zero-order valence-corrected chi connectivity index (χ0v) is 16.4. The van der Waals surface area contributed by atoms with Crippen molar-refractivity contribution in [3.63, 3.8) is 0 Å². The maximum Gasteiger partial charge on any atom is 0.417 e. The van der Waals surface area contributed by atoms with E-state index in [1.54, 1.807) is 12.1 Å². The second-order valence-electron chi connectivity index (χ2n) is 5.59. The molecule has 3 aromatic rings. The third-order valence-electron chi connectivity index (χ3n) is 3.79. The summed E-state index contributed by atoms with van der Waals surface area (Å²) in [5.41, 5.74) is -0.236. The first-order valence-electron chi connectivity index (χ1n) is 8.14. The molecule has 1 aromatic carbocycles. The Kier molecular flexibility index (Phi) is 6.16. The molecule has 0 saturated carbocycles. The summed E-state index contributed by atoms with van der Waals surface area (Å²) in [6.07, 6.45) is -3.63. The Morgan fingerprint density at radius 2 is 1.69 bits per heavy atom. The topological polar surface area (TPSA) is 79.5 Å². The van der Waals surface area contributed by atoms with Gasteiger partial charge in [0, 0.05) is 11.8 Å². The van der Waals surface area contributed by atoms with Gasteiger partial charge in [0.1, 0.15) is 0 Å². The van der Waals surface area contributed by atoms with Crippen molar-refractivity contribution in [3.05, 3.63) is 41.9 Å². The van der Waals surface area contributed by atoms with Crippen molar-refractivity contribution in [1.82, 2.24) is 15.2 Å². The number of pyridine rings is 1. The molecule has 0 radical (unpaired) electrons. The van der Waals surface area contributed by atoms with Crippen LogP contribution in [0, 0.1) is 0 Å². The molecule has 0 spiro atoms. The van der Waals surface area contributed by atoms with Gasteiger partial charge in [-0.25, -0.2) is 4.98 Å². The number of hydrogen-bond donors (Lipinski definition) is 0. The molecule has 0 saturated heterocycles. The molecular formula is C18H16F3N3O4S. The molecule has 0 amide bonds. The predicted molar refractivity (Wildman–Crippen MR) is 98.2 cm³/mol. The van der Waals surface area contributed by atoms with Gasteiger partial charge in [0.15, 0.2) is 11.5 Å². The third-order valence-corrected chi connectivity index (χ3v) is 4.71.